The van der Waals surface area contributed by atoms with Crippen molar-refractivity contribution in [3.05, 3.63) is 71.6 Å². The van der Waals surface area contributed by atoms with E-state index in [0.717, 1.165) is 17.5 Å². The summed E-state index contributed by atoms with van der Waals surface area (Å²) in [4.78, 5) is 31.5. The van der Waals surface area contributed by atoms with E-state index in [1.165, 1.54) is 4.90 Å². The van der Waals surface area contributed by atoms with Gasteiger partial charge in [0, 0.05) is 13.2 Å². The Morgan fingerprint density at radius 2 is 2.03 bits per heavy atom. The quantitative estimate of drug-likeness (QED) is 0.732. The van der Waals surface area contributed by atoms with Gasteiger partial charge in [0.2, 0.25) is 5.89 Å². The molecule has 3 aromatic rings. The minimum absolute atomic E-state index is 0.0473. The first-order valence-electron chi connectivity index (χ1n) is 9.51. The second-order valence-corrected chi connectivity index (χ2v) is 7.43. The number of fused-ring (bicyclic) bond motifs is 3. The van der Waals surface area contributed by atoms with Crippen LogP contribution in [0.2, 0.25) is 0 Å². The molecule has 0 radical (unpaired) electrons. The molecule has 1 aromatic carbocycles. The molecule has 8 nitrogen and oxygen atoms in total. The number of aromatic nitrogens is 3. The maximum Gasteiger partial charge on any atom is 0.309 e. The van der Waals surface area contributed by atoms with Gasteiger partial charge in [0.15, 0.2) is 0 Å². The number of carbonyl (C=O) groups is 2. The van der Waals surface area contributed by atoms with E-state index in [1.54, 1.807) is 13.2 Å². The fraction of sp³-hybridized carbons (Fsp3) is 0.286. The number of amides is 2. The van der Waals surface area contributed by atoms with Gasteiger partial charge in [-0.15, -0.1) is 10.2 Å². The number of pyridine rings is 1. The molecule has 2 aliphatic rings. The van der Waals surface area contributed by atoms with Crippen molar-refractivity contribution in [2.24, 2.45) is 5.92 Å². The van der Waals surface area contributed by atoms with Gasteiger partial charge in [-0.05, 0) is 35.4 Å². The SMILES string of the molecule is CN1C(=O)[C@H](NC(=O)c2nnc(Cc3ccccc3)o2)[C@@H]2C[C@@H]2c2cccnc21. The van der Waals surface area contributed by atoms with E-state index < -0.39 is 11.9 Å². The molecule has 8 heteroatoms. The molecule has 1 N–H and O–H groups in total. The third-order valence-electron chi connectivity index (χ3n) is 5.54. The Balaban J connectivity index is 1.32. The molecule has 3 heterocycles. The van der Waals surface area contributed by atoms with Gasteiger partial charge < -0.3 is 9.73 Å². The molecular weight excluding hydrogens is 370 g/mol. The maximum atomic E-state index is 13.0. The molecule has 5 rings (SSSR count). The van der Waals surface area contributed by atoms with E-state index in [0.29, 0.717) is 18.1 Å². The fourth-order valence-corrected chi connectivity index (χ4v) is 3.97. The summed E-state index contributed by atoms with van der Waals surface area (Å²) in [6.07, 6.45) is 2.95. The van der Waals surface area contributed by atoms with Crippen LogP contribution in [0.1, 0.15) is 40.0 Å². The first kappa shape index (κ1) is 17.5. The van der Waals surface area contributed by atoms with Crippen LogP contribution in [0.25, 0.3) is 0 Å². The van der Waals surface area contributed by atoms with Crippen molar-refractivity contribution in [1.29, 1.82) is 0 Å². The lowest BCUT2D eigenvalue weighted by molar-refractivity contribution is -0.120. The van der Waals surface area contributed by atoms with Crippen LogP contribution in [-0.2, 0) is 11.2 Å². The van der Waals surface area contributed by atoms with E-state index in [1.807, 2.05) is 42.5 Å². The Kier molecular flexibility index (Phi) is 4.12. The Labute approximate surface area is 167 Å². The number of nitrogens with zero attached hydrogens (tertiary/aromatic N) is 4. The number of likely N-dealkylation sites (N-methyl/N-ethyl adjacent to an activating group) is 1. The largest absolute Gasteiger partial charge is 0.417 e. The molecule has 0 unspecified atom stereocenters. The van der Waals surface area contributed by atoms with Crippen molar-refractivity contribution < 1.29 is 14.0 Å². The Morgan fingerprint density at radius 3 is 2.86 bits per heavy atom. The summed E-state index contributed by atoms with van der Waals surface area (Å²) in [5.41, 5.74) is 2.06. The summed E-state index contributed by atoms with van der Waals surface area (Å²) in [6, 6.07) is 12.9. The molecule has 29 heavy (non-hydrogen) atoms. The van der Waals surface area contributed by atoms with Gasteiger partial charge in [-0.1, -0.05) is 36.4 Å². The average Bonchev–Trinajstić information content (AvgIpc) is 3.41. The zero-order valence-corrected chi connectivity index (χ0v) is 15.8. The highest BCUT2D eigenvalue weighted by atomic mass is 16.4. The molecule has 0 bridgehead atoms. The van der Waals surface area contributed by atoms with Crippen molar-refractivity contribution >= 4 is 17.6 Å². The third-order valence-corrected chi connectivity index (χ3v) is 5.54. The molecule has 1 aliphatic heterocycles. The predicted molar refractivity (Wildman–Crippen MR) is 103 cm³/mol. The topological polar surface area (TPSA) is 101 Å². The number of hydrogen-bond acceptors (Lipinski definition) is 6. The molecule has 1 aliphatic carbocycles. The monoisotopic (exact) mass is 389 g/mol. The molecule has 0 spiro atoms. The molecule has 1 fully saturated rings. The van der Waals surface area contributed by atoms with Crippen molar-refractivity contribution in [3.63, 3.8) is 0 Å². The van der Waals surface area contributed by atoms with Crippen LogP contribution in [0.4, 0.5) is 5.82 Å². The van der Waals surface area contributed by atoms with E-state index in [9.17, 15) is 9.59 Å². The van der Waals surface area contributed by atoms with Gasteiger partial charge in [-0.2, -0.15) is 0 Å². The lowest BCUT2D eigenvalue weighted by Crippen LogP contribution is -2.48. The van der Waals surface area contributed by atoms with E-state index >= 15 is 0 Å². The maximum absolute atomic E-state index is 13.0. The summed E-state index contributed by atoms with van der Waals surface area (Å²) in [5.74, 6) is 0.417. The number of anilines is 1. The van der Waals surface area contributed by atoms with Gasteiger partial charge in [0.25, 0.3) is 5.91 Å². The average molecular weight is 389 g/mol. The minimum atomic E-state index is -0.642. The van der Waals surface area contributed by atoms with Crippen molar-refractivity contribution in [1.82, 2.24) is 20.5 Å². The summed E-state index contributed by atoms with van der Waals surface area (Å²) in [7, 11) is 1.68. The summed E-state index contributed by atoms with van der Waals surface area (Å²) in [5, 5.41) is 10.6. The van der Waals surface area contributed by atoms with Crippen molar-refractivity contribution in [3.8, 4) is 0 Å². The normalized spacial score (nSPS) is 22.4. The third kappa shape index (κ3) is 3.16. The Morgan fingerprint density at radius 1 is 1.21 bits per heavy atom. The van der Waals surface area contributed by atoms with Gasteiger partial charge in [-0.3, -0.25) is 14.5 Å². The highest BCUT2D eigenvalue weighted by molar-refractivity contribution is 6.02. The predicted octanol–water partition coefficient (Wildman–Crippen LogP) is 1.93. The molecule has 2 aromatic heterocycles. The molecule has 146 valence electrons. The van der Waals surface area contributed by atoms with Crippen LogP contribution in [0, 0.1) is 5.92 Å². The summed E-state index contributed by atoms with van der Waals surface area (Å²) < 4.78 is 5.52. The number of hydrogen-bond donors (Lipinski definition) is 1. The van der Waals surface area contributed by atoms with Crippen LogP contribution in [0.15, 0.2) is 53.1 Å². The fourth-order valence-electron chi connectivity index (χ4n) is 3.97. The first-order chi connectivity index (χ1) is 14.1. The highest BCUT2D eigenvalue weighted by Gasteiger charge is 2.52. The minimum Gasteiger partial charge on any atom is -0.417 e. The summed E-state index contributed by atoms with van der Waals surface area (Å²) >= 11 is 0. The molecule has 0 saturated heterocycles. The first-order valence-corrected chi connectivity index (χ1v) is 9.51. The van der Waals surface area contributed by atoms with Crippen LogP contribution in [0.3, 0.4) is 0 Å². The van der Waals surface area contributed by atoms with E-state index in [2.05, 4.69) is 20.5 Å². The molecule has 1 saturated carbocycles. The lowest BCUT2D eigenvalue weighted by Gasteiger charge is -2.22. The summed E-state index contributed by atoms with van der Waals surface area (Å²) in [6.45, 7) is 0. The number of benzene rings is 1. The van der Waals surface area contributed by atoms with Gasteiger partial charge in [-0.25, -0.2) is 4.98 Å². The van der Waals surface area contributed by atoms with Gasteiger partial charge in [0.1, 0.15) is 11.9 Å². The van der Waals surface area contributed by atoms with Crippen LogP contribution >= 0.6 is 0 Å². The van der Waals surface area contributed by atoms with Crippen molar-refractivity contribution in [2.45, 2.75) is 24.8 Å². The second-order valence-electron chi connectivity index (χ2n) is 7.43. The molecular formula is C21H19N5O3. The van der Waals surface area contributed by atoms with E-state index in [-0.39, 0.29) is 23.6 Å². The lowest BCUT2D eigenvalue weighted by atomic mass is 10.1. The molecule has 2 amide bonds. The van der Waals surface area contributed by atoms with Crippen LogP contribution in [-0.4, -0.2) is 40.1 Å². The zero-order valence-electron chi connectivity index (χ0n) is 15.8. The van der Waals surface area contributed by atoms with E-state index in [4.69, 9.17) is 4.42 Å². The number of carbonyl (C=O) groups excluding carboxylic acids is 2. The Bertz CT molecular complexity index is 1080. The second kappa shape index (κ2) is 6.80. The van der Waals surface area contributed by atoms with Gasteiger partial charge in [0.05, 0.1) is 6.42 Å². The van der Waals surface area contributed by atoms with Crippen LogP contribution < -0.4 is 10.2 Å². The standard InChI is InChI=1S/C21H19N5O3/c1-26-18-13(8-5-9-22-18)14-11-15(14)17(21(26)28)23-19(27)20-25-24-16(29-20)10-12-6-3-2-4-7-12/h2-9,14-15,17H,10-11H2,1H3,(H,23,27)/t14-,15-,17-/m1/s1. The number of rotatable bonds is 4. The van der Waals surface area contributed by atoms with Crippen molar-refractivity contribution in [2.75, 3.05) is 11.9 Å². The zero-order chi connectivity index (χ0) is 20.0. The van der Waals surface area contributed by atoms with Crippen LogP contribution in [0.5, 0.6) is 0 Å². The highest BCUT2D eigenvalue weighted by Crippen LogP contribution is 2.53. The van der Waals surface area contributed by atoms with Gasteiger partial charge >= 0.3 is 11.8 Å². The number of nitrogens with one attached hydrogen (secondary N) is 1. The Hall–Kier alpha value is -3.55. The smallest absolute Gasteiger partial charge is 0.309 e. The molecule has 3 atom stereocenters.